The summed E-state index contributed by atoms with van der Waals surface area (Å²) in [5, 5.41) is 10.3. The second-order valence-electron chi connectivity index (χ2n) is 5.85. The number of nitrogens with one attached hydrogen (secondary N) is 1. The van der Waals surface area contributed by atoms with Crippen LogP contribution in [0.25, 0.3) is 11.2 Å². The molecule has 10 heteroatoms. The van der Waals surface area contributed by atoms with E-state index in [-0.39, 0.29) is 18.0 Å². The van der Waals surface area contributed by atoms with E-state index in [4.69, 9.17) is 9.47 Å². The van der Waals surface area contributed by atoms with Gasteiger partial charge in [0.05, 0.1) is 14.2 Å². The van der Waals surface area contributed by atoms with E-state index in [0.29, 0.717) is 30.1 Å². The number of carbonyl (C=O) groups is 1. The molecule has 1 amide bonds. The van der Waals surface area contributed by atoms with E-state index in [1.54, 1.807) is 21.3 Å². The number of fused-ring (bicyclic) bond motifs is 1. The second kappa shape index (κ2) is 7.85. The van der Waals surface area contributed by atoms with Gasteiger partial charge in [-0.05, 0) is 24.1 Å². The minimum atomic E-state index is -0.400. The molecule has 0 saturated carbocycles. The molecule has 10 nitrogen and oxygen atoms in total. The van der Waals surface area contributed by atoms with Crippen LogP contribution in [0.15, 0.2) is 29.3 Å². The van der Waals surface area contributed by atoms with Gasteiger partial charge in [-0.2, -0.15) is 0 Å². The largest absolute Gasteiger partial charge is 0.493 e. The molecular formula is C17H20N6O4. The first-order chi connectivity index (χ1) is 13.0. The number of amides is 1. The molecule has 0 fully saturated rings. The first-order valence-corrected chi connectivity index (χ1v) is 8.26. The minimum absolute atomic E-state index is 0.135. The second-order valence-corrected chi connectivity index (χ2v) is 5.85. The van der Waals surface area contributed by atoms with E-state index >= 15 is 0 Å². The van der Waals surface area contributed by atoms with Gasteiger partial charge in [0.1, 0.15) is 12.9 Å². The number of rotatable bonds is 7. The van der Waals surface area contributed by atoms with Crippen molar-refractivity contribution < 1.29 is 14.3 Å². The third-order valence-electron chi connectivity index (χ3n) is 4.08. The summed E-state index contributed by atoms with van der Waals surface area (Å²) in [4.78, 5) is 28.6. The molecule has 2 aromatic heterocycles. The number of benzene rings is 1. The van der Waals surface area contributed by atoms with Gasteiger partial charge in [0.25, 0.3) is 5.56 Å². The summed E-state index contributed by atoms with van der Waals surface area (Å²) in [5.41, 5.74) is 1.11. The topological polar surface area (TPSA) is 113 Å². The lowest BCUT2D eigenvalue weighted by Gasteiger charge is -2.10. The average molecular weight is 372 g/mol. The molecule has 142 valence electrons. The Morgan fingerprint density at radius 3 is 2.74 bits per heavy atom. The molecule has 0 aliphatic carbocycles. The van der Waals surface area contributed by atoms with Crippen LogP contribution in [0.5, 0.6) is 11.5 Å². The Morgan fingerprint density at radius 1 is 1.22 bits per heavy atom. The van der Waals surface area contributed by atoms with E-state index in [1.165, 1.54) is 15.6 Å². The van der Waals surface area contributed by atoms with Crippen molar-refractivity contribution in [2.24, 2.45) is 7.05 Å². The highest BCUT2D eigenvalue weighted by atomic mass is 16.5. The number of nitrogens with zero attached hydrogens (tertiary/aromatic N) is 5. The van der Waals surface area contributed by atoms with Crippen molar-refractivity contribution in [1.29, 1.82) is 0 Å². The van der Waals surface area contributed by atoms with Gasteiger partial charge in [0.15, 0.2) is 22.7 Å². The van der Waals surface area contributed by atoms with Gasteiger partial charge < -0.3 is 14.8 Å². The zero-order valence-corrected chi connectivity index (χ0v) is 15.3. The molecule has 1 N–H and O–H groups in total. The maximum absolute atomic E-state index is 12.3. The highest BCUT2D eigenvalue weighted by Gasteiger charge is 2.12. The monoisotopic (exact) mass is 372 g/mol. The molecular weight excluding hydrogens is 352 g/mol. The Labute approximate surface area is 154 Å². The van der Waals surface area contributed by atoms with Crippen molar-refractivity contribution in [3.05, 3.63) is 40.4 Å². The first-order valence-electron chi connectivity index (χ1n) is 8.26. The van der Waals surface area contributed by atoms with Crippen LogP contribution in [0.2, 0.25) is 0 Å². The van der Waals surface area contributed by atoms with Crippen molar-refractivity contribution in [2.45, 2.75) is 13.0 Å². The van der Waals surface area contributed by atoms with Gasteiger partial charge in [0.2, 0.25) is 5.91 Å². The number of hydrogen-bond donors (Lipinski definition) is 1. The van der Waals surface area contributed by atoms with Crippen LogP contribution in [0.1, 0.15) is 5.56 Å². The molecule has 3 aromatic rings. The predicted octanol–water partition coefficient (Wildman–Crippen LogP) is -0.0989. The summed E-state index contributed by atoms with van der Waals surface area (Å²) in [6.45, 7) is 0.286. The molecule has 0 atom stereocenters. The third kappa shape index (κ3) is 3.89. The van der Waals surface area contributed by atoms with Crippen LogP contribution in [-0.4, -0.2) is 51.2 Å². The lowest BCUT2D eigenvalue weighted by Crippen LogP contribution is -2.33. The molecule has 27 heavy (non-hydrogen) atoms. The Hall–Kier alpha value is -3.43. The predicted molar refractivity (Wildman–Crippen MR) is 96.8 cm³/mol. The average Bonchev–Trinajstić information content (AvgIpc) is 3.05. The lowest BCUT2D eigenvalue weighted by atomic mass is 10.1. The van der Waals surface area contributed by atoms with Crippen molar-refractivity contribution in [3.63, 3.8) is 0 Å². The van der Waals surface area contributed by atoms with Gasteiger partial charge in [-0.15, -0.1) is 5.10 Å². The normalized spacial score (nSPS) is 10.8. The van der Waals surface area contributed by atoms with E-state index in [9.17, 15) is 9.59 Å². The molecule has 2 heterocycles. The van der Waals surface area contributed by atoms with E-state index < -0.39 is 5.56 Å². The standard InChI is InChI=1S/C17H20N6O4/c1-22-16-15(20-21-22)17(25)23(10-19-16)9-14(24)18-7-6-11-4-5-12(26-2)13(8-11)27-3/h4-5,8,10H,6-7,9H2,1-3H3,(H,18,24). The third-order valence-corrected chi connectivity index (χ3v) is 4.08. The summed E-state index contributed by atoms with van der Waals surface area (Å²) in [7, 11) is 4.79. The molecule has 0 bridgehead atoms. The SMILES string of the molecule is COc1ccc(CCNC(=O)Cn2cnc3c(nnn3C)c2=O)cc1OC. The van der Waals surface area contributed by atoms with E-state index in [0.717, 1.165) is 5.56 Å². The number of carbonyl (C=O) groups excluding carboxylic acids is 1. The summed E-state index contributed by atoms with van der Waals surface area (Å²) in [6.07, 6.45) is 1.93. The lowest BCUT2D eigenvalue weighted by molar-refractivity contribution is -0.121. The molecule has 0 unspecified atom stereocenters. The van der Waals surface area contributed by atoms with Crippen molar-refractivity contribution in [3.8, 4) is 11.5 Å². The van der Waals surface area contributed by atoms with Gasteiger partial charge in [-0.1, -0.05) is 11.3 Å². The van der Waals surface area contributed by atoms with E-state index in [2.05, 4.69) is 20.6 Å². The Bertz CT molecular complexity index is 1030. The fourth-order valence-electron chi connectivity index (χ4n) is 2.65. The van der Waals surface area contributed by atoms with Crippen LogP contribution in [0, 0.1) is 0 Å². The molecule has 0 radical (unpaired) electrons. The smallest absolute Gasteiger partial charge is 0.283 e. The Morgan fingerprint density at radius 2 is 2.00 bits per heavy atom. The first kappa shape index (κ1) is 18.4. The molecule has 0 spiro atoms. The summed E-state index contributed by atoms with van der Waals surface area (Å²) >= 11 is 0. The number of hydrogen-bond acceptors (Lipinski definition) is 7. The molecule has 0 aliphatic rings. The number of aromatic nitrogens is 5. The van der Waals surface area contributed by atoms with Crippen molar-refractivity contribution in [1.82, 2.24) is 29.9 Å². The van der Waals surface area contributed by atoms with Crippen LogP contribution < -0.4 is 20.3 Å². The zero-order valence-electron chi connectivity index (χ0n) is 15.3. The quantitative estimate of drug-likeness (QED) is 0.616. The molecule has 3 rings (SSSR count). The Kier molecular flexibility index (Phi) is 5.34. The fourth-order valence-corrected chi connectivity index (χ4v) is 2.65. The summed E-state index contributed by atoms with van der Waals surface area (Å²) in [6, 6.07) is 5.59. The van der Waals surface area contributed by atoms with Crippen molar-refractivity contribution in [2.75, 3.05) is 20.8 Å². The van der Waals surface area contributed by atoms with Crippen LogP contribution >= 0.6 is 0 Å². The van der Waals surface area contributed by atoms with Crippen LogP contribution in [0.3, 0.4) is 0 Å². The van der Waals surface area contributed by atoms with Crippen LogP contribution in [-0.2, 0) is 24.8 Å². The fraction of sp³-hybridized carbons (Fsp3) is 0.353. The maximum atomic E-state index is 12.3. The van der Waals surface area contributed by atoms with Gasteiger partial charge in [-0.25, -0.2) is 9.67 Å². The highest BCUT2D eigenvalue weighted by molar-refractivity contribution is 5.76. The number of ether oxygens (including phenoxy) is 2. The summed E-state index contributed by atoms with van der Waals surface area (Å²) < 4.78 is 13.1. The summed E-state index contributed by atoms with van der Waals surface area (Å²) in [5.74, 6) is 0.996. The van der Waals surface area contributed by atoms with Gasteiger partial charge in [0, 0.05) is 13.6 Å². The van der Waals surface area contributed by atoms with Crippen molar-refractivity contribution >= 4 is 17.1 Å². The van der Waals surface area contributed by atoms with Gasteiger partial charge >= 0.3 is 0 Å². The minimum Gasteiger partial charge on any atom is -0.493 e. The highest BCUT2D eigenvalue weighted by Crippen LogP contribution is 2.27. The number of aryl methyl sites for hydroxylation is 1. The molecule has 1 aromatic carbocycles. The Balaban J connectivity index is 1.59. The van der Waals surface area contributed by atoms with E-state index in [1.807, 2.05) is 18.2 Å². The van der Waals surface area contributed by atoms with Crippen LogP contribution in [0.4, 0.5) is 0 Å². The maximum Gasteiger partial charge on any atom is 0.283 e. The zero-order chi connectivity index (χ0) is 19.4. The molecule has 0 aliphatic heterocycles. The molecule has 0 saturated heterocycles. The van der Waals surface area contributed by atoms with Gasteiger partial charge in [-0.3, -0.25) is 14.2 Å². The number of methoxy groups -OCH3 is 2.